The van der Waals surface area contributed by atoms with Gasteiger partial charge in [0.25, 0.3) is 11.5 Å². The highest BCUT2D eigenvalue weighted by Crippen LogP contribution is 2.17. The van der Waals surface area contributed by atoms with Crippen molar-refractivity contribution < 1.29 is 9.21 Å². The first kappa shape index (κ1) is 16.8. The average Bonchev–Trinajstić information content (AvgIpc) is 3.36. The molecule has 3 aromatic rings. The maximum absolute atomic E-state index is 12.7. The van der Waals surface area contributed by atoms with E-state index in [0.29, 0.717) is 24.5 Å². The van der Waals surface area contributed by atoms with E-state index in [4.69, 9.17) is 4.42 Å². The molecule has 0 aliphatic carbocycles. The third kappa shape index (κ3) is 3.49. The highest BCUT2D eigenvalue weighted by atomic mass is 32.1. The van der Waals surface area contributed by atoms with Gasteiger partial charge in [0.05, 0.1) is 12.0 Å². The zero-order valence-electron chi connectivity index (χ0n) is 14.2. The van der Waals surface area contributed by atoms with E-state index in [0.717, 1.165) is 19.6 Å². The summed E-state index contributed by atoms with van der Waals surface area (Å²) < 4.78 is 5.28. The Morgan fingerprint density at radius 2 is 1.96 bits per heavy atom. The van der Waals surface area contributed by atoms with Gasteiger partial charge in [0.2, 0.25) is 0 Å². The summed E-state index contributed by atoms with van der Waals surface area (Å²) in [5, 5.41) is 2.08. The van der Waals surface area contributed by atoms with Crippen LogP contribution in [-0.2, 0) is 6.54 Å². The first-order chi connectivity index (χ1) is 12.7. The molecule has 1 aliphatic heterocycles. The summed E-state index contributed by atoms with van der Waals surface area (Å²) in [5.74, 6) is 0.358. The quantitative estimate of drug-likeness (QED) is 0.768. The molecule has 26 heavy (non-hydrogen) atoms. The summed E-state index contributed by atoms with van der Waals surface area (Å²) in [5.41, 5.74) is 0.356. The fourth-order valence-corrected chi connectivity index (χ4v) is 3.87. The predicted octanol–water partition coefficient (Wildman–Crippen LogP) is 2.65. The molecule has 0 saturated carbocycles. The molecule has 0 bridgehead atoms. The van der Waals surface area contributed by atoms with Gasteiger partial charge in [-0.3, -0.25) is 14.5 Å². The molecule has 7 heteroatoms. The number of thiophene rings is 1. The fraction of sp³-hybridized carbons (Fsp3) is 0.263. The summed E-state index contributed by atoms with van der Waals surface area (Å²) in [7, 11) is 0. The molecule has 0 unspecified atom stereocenters. The van der Waals surface area contributed by atoms with Crippen LogP contribution in [0.2, 0.25) is 0 Å². The van der Waals surface area contributed by atoms with Gasteiger partial charge < -0.3 is 14.3 Å². The van der Waals surface area contributed by atoms with E-state index in [1.807, 2.05) is 0 Å². The number of furan rings is 1. The number of pyridine rings is 1. The third-order valence-corrected chi connectivity index (χ3v) is 5.41. The maximum atomic E-state index is 12.7. The van der Waals surface area contributed by atoms with Crippen molar-refractivity contribution in [3.05, 3.63) is 68.8 Å². The van der Waals surface area contributed by atoms with Gasteiger partial charge in [-0.1, -0.05) is 6.07 Å². The largest absolute Gasteiger partial charge is 0.463 e. The van der Waals surface area contributed by atoms with E-state index < -0.39 is 0 Å². The van der Waals surface area contributed by atoms with Gasteiger partial charge >= 0.3 is 0 Å². The number of nitrogens with one attached hydrogen (secondary N) is 1. The third-order valence-electron chi connectivity index (χ3n) is 4.55. The predicted molar refractivity (Wildman–Crippen MR) is 100 cm³/mol. The number of rotatable bonds is 4. The van der Waals surface area contributed by atoms with Crippen LogP contribution in [0.15, 0.2) is 57.3 Å². The number of H-pyrrole nitrogens is 1. The fourth-order valence-electron chi connectivity index (χ4n) is 3.12. The lowest BCUT2D eigenvalue weighted by Crippen LogP contribution is -2.49. The number of carbonyl (C=O) groups is 1. The Morgan fingerprint density at radius 1 is 1.12 bits per heavy atom. The van der Waals surface area contributed by atoms with Crippen molar-refractivity contribution in [3.63, 3.8) is 0 Å². The number of hydrogen-bond acceptors (Lipinski definition) is 5. The van der Waals surface area contributed by atoms with Crippen LogP contribution in [0.4, 0.5) is 0 Å². The van der Waals surface area contributed by atoms with Crippen molar-refractivity contribution in [2.45, 2.75) is 6.54 Å². The molecule has 3 aromatic heterocycles. The van der Waals surface area contributed by atoms with Crippen molar-refractivity contribution in [3.8, 4) is 11.5 Å². The van der Waals surface area contributed by atoms with Crippen molar-refractivity contribution in [2.75, 3.05) is 26.2 Å². The van der Waals surface area contributed by atoms with Gasteiger partial charge in [-0.15, -0.1) is 11.3 Å². The van der Waals surface area contributed by atoms with E-state index in [-0.39, 0.29) is 17.0 Å². The molecular formula is C19H19N3O3S. The summed E-state index contributed by atoms with van der Waals surface area (Å²) in [6.07, 6.45) is 1.54. The van der Waals surface area contributed by atoms with Crippen LogP contribution in [0.5, 0.6) is 0 Å². The van der Waals surface area contributed by atoms with Gasteiger partial charge in [-0.05, 0) is 35.7 Å². The highest BCUT2D eigenvalue weighted by Gasteiger charge is 2.24. The Labute approximate surface area is 154 Å². The minimum atomic E-state index is -0.384. The number of amides is 1. The molecule has 1 saturated heterocycles. The van der Waals surface area contributed by atoms with Crippen LogP contribution >= 0.6 is 11.3 Å². The van der Waals surface area contributed by atoms with Crippen LogP contribution in [-0.4, -0.2) is 46.9 Å². The van der Waals surface area contributed by atoms with E-state index in [2.05, 4.69) is 27.4 Å². The first-order valence-corrected chi connectivity index (χ1v) is 9.40. The standard InChI is InChI=1S/C19H19N3O3S/c23-18-15(5-6-16(20-18)17-4-1-11-25-17)19(24)22-9-7-21(8-10-22)13-14-3-2-12-26-14/h1-6,11-12H,7-10,13H2,(H,20,23). The summed E-state index contributed by atoms with van der Waals surface area (Å²) >= 11 is 1.75. The number of piperazine rings is 1. The SMILES string of the molecule is O=C(c1ccc(-c2ccco2)[nH]c1=O)N1CCN(Cc2cccs2)CC1. The Kier molecular flexibility index (Phi) is 4.73. The Morgan fingerprint density at radius 3 is 2.62 bits per heavy atom. The molecule has 0 spiro atoms. The van der Waals surface area contributed by atoms with Crippen molar-refractivity contribution >= 4 is 17.2 Å². The number of aromatic amines is 1. The summed E-state index contributed by atoms with van der Waals surface area (Å²) in [4.78, 5) is 33.2. The molecule has 1 fully saturated rings. The number of hydrogen-bond donors (Lipinski definition) is 1. The maximum Gasteiger partial charge on any atom is 0.261 e. The lowest BCUT2D eigenvalue weighted by molar-refractivity contribution is 0.0628. The van der Waals surface area contributed by atoms with E-state index >= 15 is 0 Å². The molecule has 4 heterocycles. The van der Waals surface area contributed by atoms with E-state index in [9.17, 15) is 9.59 Å². The molecule has 134 valence electrons. The first-order valence-electron chi connectivity index (χ1n) is 8.52. The second-order valence-corrected chi connectivity index (χ2v) is 7.27. The summed E-state index contributed by atoms with van der Waals surface area (Å²) in [6, 6.07) is 11.0. The van der Waals surface area contributed by atoms with Crippen molar-refractivity contribution in [1.82, 2.24) is 14.8 Å². The topological polar surface area (TPSA) is 69.5 Å². The Hall–Kier alpha value is -2.64. The van der Waals surface area contributed by atoms with Crippen molar-refractivity contribution in [1.29, 1.82) is 0 Å². The van der Waals surface area contributed by atoms with Gasteiger partial charge in [0, 0.05) is 37.6 Å². The summed E-state index contributed by atoms with van der Waals surface area (Å²) in [6.45, 7) is 3.79. The molecule has 4 rings (SSSR count). The molecule has 6 nitrogen and oxygen atoms in total. The van der Waals surface area contributed by atoms with Crippen LogP contribution in [0.3, 0.4) is 0 Å². The van der Waals surface area contributed by atoms with Gasteiger partial charge in [0.1, 0.15) is 11.3 Å². The molecular weight excluding hydrogens is 350 g/mol. The van der Waals surface area contributed by atoms with E-state index in [1.54, 1.807) is 46.8 Å². The minimum Gasteiger partial charge on any atom is -0.463 e. The Balaban J connectivity index is 1.41. The smallest absolute Gasteiger partial charge is 0.261 e. The minimum absolute atomic E-state index is 0.173. The highest BCUT2D eigenvalue weighted by molar-refractivity contribution is 7.09. The molecule has 0 atom stereocenters. The molecule has 0 radical (unpaired) electrons. The Bertz CT molecular complexity index is 923. The van der Waals surface area contributed by atoms with Crippen LogP contribution < -0.4 is 5.56 Å². The molecule has 1 aliphatic rings. The number of aromatic nitrogens is 1. The zero-order valence-corrected chi connectivity index (χ0v) is 15.0. The lowest BCUT2D eigenvalue weighted by Gasteiger charge is -2.34. The van der Waals surface area contributed by atoms with Gasteiger partial charge in [0.15, 0.2) is 0 Å². The van der Waals surface area contributed by atoms with Crippen LogP contribution in [0.25, 0.3) is 11.5 Å². The molecule has 1 amide bonds. The lowest BCUT2D eigenvalue weighted by atomic mass is 10.2. The number of nitrogens with zero attached hydrogens (tertiary/aromatic N) is 2. The molecule has 1 N–H and O–H groups in total. The average molecular weight is 369 g/mol. The van der Waals surface area contributed by atoms with Crippen molar-refractivity contribution in [2.24, 2.45) is 0 Å². The zero-order chi connectivity index (χ0) is 17.9. The van der Waals surface area contributed by atoms with Gasteiger partial charge in [-0.25, -0.2) is 0 Å². The second kappa shape index (κ2) is 7.31. The van der Waals surface area contributed by atoms with E-state index in [1.165, 1.54) is 4.88 Å². The monoisotopic (exact) mass is 369 g/mol. The second-order valence-electron chi connectivity index (χ2n) is 6.24. The number of carbonyl (C=O) groups excluding carboxylic acids is 1. The van der Waals surface area contributed by atoms with Crippen LogP contribution in [0, 0.1) is 0 Å². The normalized spacial score (nSPS) is 15.3. The van der Waals surface area contributed by atoms with Crippen LogP contribution in [0.1, 0.15) is 15.2 Å². The molecule has 0 aromatic carbocycles. The van der Waals surface area contributed by atoms with Gasteiger partial charge in [-0.2, -0.15) is 0 Å².